The Labute approximate surface area is 189 Å². The number of amides is 1. The Morgan fingerprint density at radius 3 is 2.21 bits per heavy atom. The van der Waals surface area contributed by atoms with E-state index in [1.165, 1.54) is 10.9 Å². The fraction of sp³-hybridized carbons (Fsp3) is 0.0400. The second-order valence-electron chi connectivity index (χ2n) is 7.03. The molecule has 8 heteroatoms. The summed E-state index contributed by atoms with van der Waals surface area (Å²) in [5.41, 5.74) is 2.61. The first-order valence-corrected chi connectivity index (χ1v) is 10.1. The fourth-order valence-corrected chi connectivity index (χ4v) is 3.00. The van der Waals surface area contributed by atoms with Crippen LogP contribution in [0.1, 0.15) is 21.5 Å². The maximum absolute atomic E-state index is 12.3. The Balaban J connectivity index is 1.37. The van der Waals surface area contributed by atoms with Gasteiger partial charge in [0.15, 0.2) is 0 Å². The SMILES string of the molecule is O=C(O)C(=Cc1ccc(OCc2ccc(-n3nccn3)cc2)cc1)NC(=O)c1ccccc1. The molecule has 0 fully saturated rings. The van der Waals surface area contributed by atoms with Gasteiger partial charge in [-0.15, -0.1) is 0 Å². The number of aromatic nitrogens is 3. The molecule has 0 unspecified atom stereocenters. The molecule has 4 aromatic rings. The lowest BCUT2D eigenvalue weighted by molar-refractivity contribution is -0.132. The van der Waals surface area contributed by atoms with E-state index in [0.717, 1.165) is 11.3 Å². The summed E-state index contributed by atoms with van der Waals surface area (Å²) >= 11 is 0. The molecule has 1 amide bonds. The van der Waals surface area contributed by atoms with E-state index in [-0.39, 0.29) is 5.70 Å². The summed E-state index contributed by atoms with van der Waals surface area (Å²) in [6, 6.07) is 23.0. The summed E-state index contributed by atoms with van der Waals surface area (Å²) in [5.74, 6) is -1.08. The van der Waals surface area contributed by atoms with Crippen LogP contribution in [0.3, 0.4) is 0 Å². The van der Waals surface area contributed by atoms with Crippen molar-refractivity contribution in [2.24, 2.45) is 0 Å². The van der Waals surface area contributed by atoms with Gasteiger partial charge in [0.2, 0.25) is 0 Å². The van der Waals surface area contributed by atoms with Gasteiger partial charge in [0, 0.05) is 5.56 Å². The van der Waals surface area contributed by atoms with Crippen LogP contribution in [0, 0.1) is 0 Å². The van der Waals surface area contributed by atoms with E-state index in [2.05, 4.69) is 15.5 Å². The Morgan fingerprint density at radius 2 is 1.58 bits per heavy atom. The topological polar surface area (TPSA) is 106 Å². The van der Waals surface area contributed by atoms with Gasteiger partial charge >= 0.3 is 5.97 Å². The number of nitrogens with zero attached hydrogens (tertiary/aromatic N) is 3. The zero-order valence-electron chi connectivity index (χ0n) is 17.5. The number of carboxylic acid groups (broad SMARTS) is 1. The van der Waals surface area contributed by atoms with Crippen LogP contribution in [-0.2, 0) is 11.4 Å². The summed E-state index contributed by atoms with van der Waals surface area (Å²) in [7, 11) is 0. The number of hydrogen-bond acceptors (Lipinski definition) is 5. The van der Waals surface area contributed by atoms with Gasteiger partial charge in [-0.05, 0) is 53.6 Å². The molecule has 1 heterocycles. The van der Waals surface area contributed by atoms with Crippen LogP contribution in [0.5, 0.6) is 5.75 Å². The third-order valence-corrected chi connectivity index (χ3v) is 4.70. The lowest BCUT2D eigenvalue weighted by Crippen LogP contribution is -2.27. The Morgan fingerprint density at radius 1 is 0.909 bits per heavy atom. The van der Waals surface area contributed by atoms with Crippen molar-refractivity contribution < 1.29 is 19.4 Å². The number of ether oxygens (including phenoxy) is 1. The van der Waals surface area contributed by atoms with Crippen molar-refractivity contribution >= 4 is 18.0 Å². The summed E-state index contributed by atoms with van der Waals surface area (Å²) in [5, 5.41) is 20.1. The van der Waals surface area contributed by atoms with E-state index in [4.69, 9.17) is 4.74 Å². The molecule has 2 N–H and O–H groups in total. The number of benzene rings is 3. The molecule has 0 saturated carbocycles. The summed E-state index contributed by atoms with van der Waals surface area (Å²) in [6.45, 7) is 0.371. The minimum absolute atomic E-state index is 0.218. The molecular weight excluding hydrogens is 420 g/mol. The zero-order chi connectivity index (χ0) is 23.0. The van der Waals surface area contributed by atoms with Gasteiger partial charge in [0.1, 0.15) is 18.1 Å². The number of nitrogens with one attached hydrogen (secondary N) is 1. The Hall–Kier alpha value is -4.72. The average Bonchev–Trinajstić information content (AvgIpc) is 3.39. The van der Waals surface area contributed by atoms with Gasteiger partial charge in [-0.1, -0.05) is 42.5 Å². The predicted octanol–water partition coefficient (Wildman–Crippen LogP) is 3.70. The fourth-order valence-electron chi connectivity index (χ4n) is 3.00. The molecule has 0 radical (unpaired) electrons. The quantitative estimate of drug-likeness (QED) is 0.405. The highest BCUT2D eigenvalue weighted by Gasteiger charge is 2.13. The van der Waals surface area contributed by atoms with Crippen LogP contribution >= 0.6 is 0 Å². The second kappa shape index (κ2) is 10.1. The van der Waals surface area contributed by atoms with Gasteiger partial charge in [-0.2, -0.15) is 15.0 Å². The molecule has 4 rings (SSSR count). The number of carbonyl (C=O) groups excluding carboxylic acids is 1. The molecule has 0 spiro atoms. The lowest BCUT2D eigenvalue weighted by atomic mass is 10.1. The summed E-state index contributed by atoms with van der Waals surface area (Å²) in [4.78, 5) is 25.4. The van der Waals surface area contributed by atoms with E-state index in [0.29, 0.717) is 23.5 Å². The molecule has 0 saturated heterocycles. The highest BCUT2D eigenvalue weighted by atomic mass is 16.5. The van der Waals surface area contributed by atoms with Gasteiger partial charge in [0.25, 0.3) is 5.91 Å². The van der Waals surface area contributed by atoms with Crippen molar-refractivity contribution in [2.45, 2.75) is 6.61 Å². The number of aliphatic carboxylic acids is 1. The summed E-state index contributed by atoms with van der Waals surface area (Å²) in [6.07, 6.45) is 4.63. The number of carbonyl (C=O) groups is 2. The van der Waals surface area contributed by atoms with Gasteiger partial charge in [0.05, 0.1) is 18.1 Å². The molecule has 0 atom stereocenters. The zero-order valence-corrected chi connectivity index (χ0v) is 17.5. The van der Waals surface area contributed by atoms with E-state index >= 15 is 0 Å². The third kappa shape index (κ3) is 5.71. The standard InChI is InChI=1S/C25H20N4O4/c30-24(20-4-2-1-3-5-20)28-23(25(31)32)16-18-8-12-22(13-9-18)33-17-19-6-10-21(11-7-19)29-26-14-15-27-29/h1-16H,17H2,(H,28,30)(H,31,32). The molecule has 0 aliphatic heterocycles. The molecule has 1 aromatic heterocycles. The maximum Gasteiger partial charge on any atom is 0.352 e. The Kier molecular flexibility index (Phi) is 6.56. The van der Waals surface area contributed by atoms with Crippen LogP contribution in [0.4, 0.5) is 0 Å². The van der Waals surface area contributed by atoms with Crippen LogP contribution in [-0.4, -0.2) is 32.0 Å². The molecule has 0 aliphatic carbocycles. The van der Waals surface area contributed by atoms with Gasteiger partial charge < -0.3 is 15.2 Å². The molecular formula is C25H20N4O4. The Bertz CT molecular complexity index is 1250. The van der Waals surface area contributed by atoms with E-state index in [1.807, 2.05) is 24.3 Å². The highest BCUT2D eigenvalue weighted by Crippen LogP contribution is 2.17. The van der Waals surface area contributed by atoms with Gasteiger partial charge in [-0.25, -0.2) is 4.79 Å². The van der Waals surface area contributed by atoms with Crippen LogP contribution < -0.4 is 10.1 Å². The molecule has 8 nitrogen and oxygen atoms in total. The van der Waals surface area contributed by atoms with Crippen LogP contribution in [0.2, 0.25) is 0 Å². The highest BCUT2D eigenvalue weighted by molar-refractivity contribution is 6.02. The second-order valence-corrected chi connectivity index (χ2v) is 7.03. The third-order valence-electron chi connectivity index (χ3n) is 4.70. The molecule has 3 aromatic carbocycles. The summed E-state index contributed by atoms with van der Waals surface area (Å²) < 4.78 is 5.81. The minimum atomic E-state index is -1.23. The van der Waals surface area contributed by atoms with Crippen molar-refractivity contribution in [1.29, 1.82) is 0 Å². The van der Waals surface area contributed by atoms with Crippen molar-refractivity contribution in [2.75, 3.05) is 0 Å². The normalized spacial score (nSPS) is 11.1. The van der Waals surface area contributed by atoms with E-state index in [1.54, 1.807) is 67.0 Å². The molecule has 164 valence electrons. The van der Waals surface area contributed by atoms with Gasteiger partial charge in [-0.3, -0.25) is 4.79 Å². The monoisotopic (exact) mass is 440 g/mol. The number of carboxylic acids is 1. The van der Waals surface area contributed by atoms with Crippen molar-refractivity contribution in [1.82, 2.24) is 20.3 Å². The minimum Gasteiger partial charge on any atom is -0.489 e. The molecule has 0 bridgehead atoms. The van der Waals surface area contributed by atoms with Crippen molar-refractivity contribution in [3.63, 3.8) is 0 Å². The largest absolute Gasteiger partial charge is 0.489 e. The average molecular weight is 440 g/mol. The van der Waals surface area contributed by atoms with Crippen LogP contribution in [0.15, 0.2) is 97.0 Å². The van der Waals surface area contributed by atoms with Crippen LogP contribution in [0.25, 0.3) is 11.8 Å². The number of hydrogen-bond donors (Lipinski definition) is 2. The first kappa shape index (κ1) is 21.5. The van der Waals surface area contributed by atoms with Crippen molar-refractivity contribution in [3.05, 3.63) is 114 Å². The maximum atomic E-state index is 12.3. The predicted molar refractivity (Wildman–Crippen MR) is 122 cm³/mol. The smallest absolute Gasteiger partial charge is 0.352 e. The number of rotatable bonds is 8. The van der Waals surface area contributed by atoms with E-state index in [9.17, 15) is 14.7 Å². The first-order chi connectivity index (χ1) is 16.1. The molecule has 0 aliphatic rings. The van der Waals surface area contributed by atoms with Crippen molar-refractivity contribution in [3.8, 4) is 11.4 Å². The lowest BCUT2D eigenvalue weighted by Gasteiger charge is -2.08. The molecule has 33 heavy (non-hydrogen) atoms. The first-order valence-electron chi connectivity index (χ1n) is 10.1. The van der Waals surface area contributed by atoms with E-state index < -0.39 is 11.9 Å².